The number of nitrogens with two attached hydrogens (primary N) is 1. The van der Waals surface area contributed by atoms with Crippen LogP contribution in [0.5, 0.6) is 0 Å². The highest BCUT2D eigenvalue weighted by Gasteiger charge is 2.19. The lowest BCUT2D eigenvalue weighted by atomic mass is 10.1. The molecule has 0 bridgehead atoms. The number of benzene rings is 1. The molecule has 1 heterocycles. The predicted molar refractivity (Wildman–Crippen MR) is 71.4 cm³/mol. The molecule has 2 rings (SSSR count). The molecule has 19 heavy (non-hydrogen) atoms. The molecular weight excluding hydrogens is 242 g/mol. The van der Waals surface area contributed by atoms with Crippen LogP contribution in [0.2, 0.25) is 0 Å². The Morgan fingerprint density at radius 3 is 2.68 bits per heavy atom. The molecule has 0 aliphatic rings. The summed E-state index contributed by atoms with van der Waals surface area (Å²) in [7, 11) is 1.63. The van der Waals surface area contributed by atoms with E-state index in [-0.39, 0.29) is 12.1 Å². The second kappa shape index (κ2) is 6.45. The average Bonchev–Trinajstić information content (AvgIpc) is 2.91. The van der Waals surface area contributed by atoms with Crippen LogP contribution in [0.1, 0.15) is 42.8 Å². The first kappa shape index (κ1) is 13.7. The first-order valence-corrected chi connectivity index (χ1v) is 6.40. The Morgan fingerprint density at radius 2 is 2.05 bits per heavy atom. The molecule has 5 nitrogen and oxygen atoms in total. The zero-order chi connectivity index (χ0) is 13.7. The maximum Gasteiger partial charge on any atom is 0.243 e. The number of hydrogen-bond donors (Lipinski definition) is 1. The van der Waals surface area contributed by atoms with E-state index in [1.807, 2.05) is 37.3 Å². The highest BCUT2D eigenvalue weighted by atomic mass is 16.5. The fraction of sp³-hybridized carbons (Fsp3) is 0.429. The highest BCUT2D eigenvalue weighted by molar-refractivity contribution is 5.16. The number of hydrogen-bond acceptors (Lipinski definition) is 5. The van der Waals surface area contributed by atoms with E-state index in [0.29, 0.717) is 18.1 Å². The largest absolute Gasteiger partial charge is 0.373 e. The van der Waals surface area contributed by atoms with E-state index < -0.39 is 0 Å². The SMILES string of the molecule is CCC(OC)c1noc(C(N)Cc2ccccc2)n1. The van der Waals surface area contributed by atoms with Gasteiger partial charge in [-0.3, -0.25) is 0 Å². The van der Waals surface area contributed by atoms with Crippen LogP contribution in [0.25, 0.3) is 0 Å². The Morgan fingerprint density at radius 1 is 1.32 bits per heavy atom. The molecule has 5 heteroatoms. The summed E-state index contributed by atoms with van der Waals surface area (Å²) < 4.78 is 10.5. The number of ether oxygens (including phenoxy) is 1. The van der Waals surface area contributed by atoms with Gasteiger partial charge in [-0.25, -0.2) is 0 Å². The van der Waals surface area contributed by atoms with Crippen LogP contribution in [0.3, 0.4) is 0 Å². The minimum atomic E-state index is -0.294. The van der Waals surface area contributed by atoms with Crippen molar-refractivity contribution in [3.8, 4) is 0 Å². The first-order valence-electron chi connectivity index (χ1n) is 6.40. The molecule has 0 saturated carbocycles. The van der Waals surface area contributed by atoms with Crippen LogP contribution in [0.15, 0.2) is 34.9 Å². The molecule has 2 atom stereocenters. The van der Waals surface area contributed by atoms with Crippen LogP contribution < -0.4 is 5.73 Å². The van der Waals surface area contributed by atoms with Gasteiger partial charge in [0.25, 0.3) is 0 Å². The Hall–Kier alpha value is -1.72. The third kappa shape index (κ3) is 3.39. The van der Waals surface area contributed by atoms with Crippen LogP contribution in [0, 0.1) is 0 Å². The number of rotatable bonds is 6. The second-order valence-electron chi connectivity index (χ2n) is 4.42. The molecule has 102 valence electrons. The lowest BCUT2D eigenvalue weighted by molar-refractivity contribution is 0.0903. The van der Waals surface area contributed by atoms with Crippen molar-refractivity contribution in [2.24, 2.45) is 5.73 Å². The van der Waals surface area contributed by atoms with Gasteiger partial charge < -0.3 is 15.0 Å². The zero-order valence-corrected chi connectivity index (χ0v) is 11.2. The van der Waals surface area contributed by atoms with Crippen molar-refractivity contribution in [2.75, 3.05) is 7.11 Å². The molecule has 0 radical (unpaired) electrons. The van der Waals surface area contributed by atoms with Crippen molar-refractivity contribution in [3.63, 3.8) is 0 Å². The van der Waals surface area contributed by atoms with Gasteiger partial charge in [0, 0.05) is 7.11 Å². The van der Waals surface area contributed by atoms with E-state index in [1.165, 1.54) is 0 Å². The van der Waals surface area contributed by atoms with Crippen LogP contribution in [-0.4, -0.2) is 17.3 Å². The summed E-state index contributed by atoms with van der Waals surface area (Å²) in [6, 6.07) is 9.71. The summed E-state index contributed by atoms with van der Waals surface area (Å²) in [4.78, 5) is 4.32. The summed E-state index contributed by atoms with van der Waals surface area (Å²) in [5.74, 6) is 1.01. The predicted octanol–water partition coefficient (Wildman–Crippen LogP) is 2.41. The van der Waals surface area contributed by atoms with Crippen molar-refractivity contribution < 1.29 is 9.26 Å². The molecule has 0 aliphatic carbocycles. The van der Waals surface area contributed by atoms with Crippen molar-refractivity contribution in [3.05, 3.63) is 47.6 Å². The topological polar surface area (TPSA) is 74.2 Å². The smallest absolute Gasteiger partial charge is 0.243 e. The summed E-state index contributed by atoms with van der Waals surface area (Å²) in [6.07, 6.45) is 1.33. The Balaban J connectivity index is 2.06. The van der Waals surface area contributed by atoms with Gasteiger partial charge in [0.2, 0.25) is 11.7 Å². The van der Waals surface area contributed by atoms with E-state index in [2.05, 4.69) is 10.1 Å². The summed E-state index contributed by atoms with van der Waals surface area (Å²) in [5, 5.41) is 3.93. The molecule has 1 aromatic heterocycles. The molecule has 1 aromatic carbocycles. The van der Waals surface area contributed by atoms with E-state index in [0.717, 1.165) is 12.0 Å². The Labute approximate surface area is 112 Å². The van der Waals surface area contributed by atoms with Crippen molar-refractivity contribution in [1.82, 2.24) is 10.1 Å². The van der Waals surface area contributed by atoms with Gasteiger partial charge in [-0.05, 0) is 18.4 Å². The molecular formula is C14H19N3O2. The van der Waals surface area contributed by atoms with E-state index in [9.17, 15) is 0 Å². The Kier molecular flexibility index (Phi) is 4.65. The van der Waals surface area contributed by atoms with Gasteiger partial charge in [-0.1, -0.05) is 42.4 Å². The van der Waals surface area contributed by atoms with Crippen molar-refractivity contribution >= 4 is 0 Å². The number of nitrogens with zero attached hydrogens (tertiary/aromatic N) is 2. The molecule has 0 amide bonds. The fourth-order valence-electron chi connectivity index (χ4n) is 1.94. The van der Waals surface area contributed by atoms with Gasteiger partial charge in [-0.2, -0.15) is 4.98 Å². The second-order valence-corrected chi connectivity index (χ2v) is 4.42. The first-order chi connectivity index (χ1) is 9.24. The third-order valence-electron chi connectivity index (χ3n) is 3.02. The van der Waals surface area contributed by atoms with Crippen molar-refractivity contribution in [1.29, 1.82) is 0 Å². The lowest BCUT2D eigenvalue weighted by Gasteiger charge is -2.07. The van der Waals surface area contributed by atoms with Crippen LogP contribution in [0.4, 0.5) is 0 Å². The monoisotopic (exact) mass is 261 g/mol. The average molecular weight is 261 g/mol. The normalized spacial score (nSPS) is 14.3. The summed E-state index contributed by atoms with van der Waals surface area (Å²) in [5.41, 5.74) is 7.23. The van der Waals surface area contributed by atoms with Gasteiger partial charge in [-0.15, -0.1) is 0 Å². The van der Waals surface area contributed by atoms with Gasteiger partial charge in [0.15, 0.2) is 0 Å². The lowest BCUT2D eigenvalue weighted by Crippen LogP contribution is -2.14. The maximum atomic E-state index is 6.09. The van der Waals surface area contributed by atoms with Crippen LogP contribution in [-0.2, 0) is 11.2 Å². The molecule has 2 N–H and O–H groups in total. The third-order valence-corrected chi connectivity index (χ3v) is 3.02. The van der Waals surface area contributed by atoms with Gasteiger partial charge in [0.05, 0.1) is 6.04 Å². The van der Waals surface area contributed by atoms with Gasteiger partial charge in [0.1, 0.15) is 6.10 Å². The molecule has 0 saturated heterocycles. The summed E-state index contributed by atoms with van der Waals surface area (Å²) >= 11 is 0. The highest BCUT2D eigenvalue weighted by Crippen LogP contribution is 2.20. The fourth-order valence-corrected chi connectivity index (χ4v) is 1.94. The zero-order valence-electron chi connectivity index (χ0n) is 11.2. The van der Waals surface area contributed by atoms with E-state index >= 15 is 0 Å². The van der Waals surface area contributed by atoms with E-state index in [4.69, 9.17) is 15.0 Å². The van der Waals surface area contributed by atoms with Gasteiger partial charge >= 0.3 is 0 Å². The van der Waals surface area contributed by atoms with Crippen LogP contribution >= 0.6 is 0 Å². The molecule has 0 spiro atoms. The van der Waals surface area contributed by atoms with Crippen molar-refractivity contribution in [2.45, 2.75) is 31.9 Å². The molecule has 2 unspecified atom stereocenters. The Bertz CT molecular complexity index is 494. The molecule has 0 aliphatic heterocycles. The minimum Gasteiger partial charge on any atom is -0.373 e. The number of methoxy groups -OCH3 is 1. The minimum absolute atomic E-state index is 0.138. The maximum absolute atomic E-state index is 6.09. The summed E-state index contributed by atoms with van der Waals surface area (Å²) in [6.45, 7) is 2.01. The van der Waals surface area contributed by atoms with E-state index in [1.54, 1.807) is 7.11 Å². The number of aromatic nitrogens is 2. The molecule has 2 aromatic rings. The standard InChI is InChI=1S/C14H19N3O2/c1-3-12(18-2)13-16-14(19-17-13)11(15)9-10-7-5-4-6-8-10/h4-8,11-12H,3,9,15H2,1-2H3. The quantitative estimate of drug-likeness (QED) is 0.864. The molecule has 0 fully saturated rings.